The highest BCUT2D eigenvalue weighted by Crippen LogP contribution is 2.07. The maximum absolute atomic E-state index is 4.16. The van der Waals surface area contributed by atoms with Gasteiger partial charge in [-0.3, -0.25) is 0 Å². The lowest BCUT2D eigenvalue weighted by atomic mass is 10.4. The standard InChI is InChI=1S/C8H11N4/c1-2-10-8(11-3-1)12-6-4-9-5-7-12/h1-3,6,9H,4-5,7H2. The Morgan fingerprint density at radius 1 is 1.33 bits per heavy atom. The summed E-state index contributed by atoms with van der Waals surface area (Å²) in [5.41, 5.74) is 0. The van der Waals surface area contributed by atoms with Gasteiger partial charge in [-0.25, -0.2) is 9.97 Å². The van der Waals surface area contributed by atoms with Crippen molar-refractivity contribution in [3.05, 3.63) is 25.0 Å². The molecule has 2 rings (SSSR count). The van der Waals surface area contributed by atoms with Crippen LogP contribution in [0.1, 0.15) is 0 Å². The van der Waals surface area contributed by atoms with Crippen LogP contribution in [0, 0.1) is 6.54 Å². The first kappa shape index (κ1) is 7.49. The summed E-state index contributed by atoms with van der Waals surface area (Å²) in [6.45, 7) is 4.91. The van der Waals surface area contributed by atoms with E-state index in [1.54, 1.807) is 12.4 Å². The summed E-state index contributed by atoms with van der Waals surface area (Å²) in [5, 5.41) is 3.23. The third-order valence-electron chi connectivity index (χ3n) is 1.79. The van der Waals surface area contributed by atoms with Gasteiger partial charge in [0.25, 0.3) is 0 Å². The van der Waals surface area contributed by atoms with E-state index in [2.05, 4.69) is 26.7 Å². The predicted octanol–water partition coefficient (Wildman–Crippen LogP) is 0.0480. The Morgan fingerprint density at radius 3 is 2.83 bits per heavy atom. The highest BCUT2D eigenvalue weighted by molar-refractivity contribution is 5.32. The summed E-state index contributed by atoms with van der Waals surface area (Å²) in [5.74, 6) is 0.791. The molecular weight excluding hydrogens is 152 g/mol. The summed E-state index contributed by atoms with van der Waals surface area (Å²) in [6.07, 6.45) is 3.52. The van der Waals surface area contributed by atoms with Crippen molar-refractivity contribution in [1.29, 1.82) is 0 Å². The molecule has 0 unspecified atom stereocenters. The third-order valence-corrected chi connectivity index (χ3v) is 1.79. The second-order valence-electron chi connectivity index (χ2n) is 2.63. The van der Waals surface area contributed by atoms with E-state index in [1.807, 2.05) is 6.07 Å². The number of rotatable bonds is 1. The highest BCUT2D eigenvalue weighted by Gasteiger charge is 2.11. The zero-order valence-corrected chi connectivity index (χ0v) is 6.77. The fourth-order valence-electron chi connectivity index (χ4n) is 1.19. The molecule has 63 valence electrons. The normalized spacial score (nSPS) is 17.8. The van der Waals surface area contributed by atoms with Crippen molar-refractivity contribution in [2.75, 3.05) is 24.5 Å². The van der Waals surface area contributed by atoms with E-state index in [4.69, 9.17) is 0 Å². The van der Waals surface area contributed by atoms with Crippen LogP contribution in [0.15, 0.2) is 18.5 Å². The van der Waals surface area contributed by atoms with Gasteiger partial charge in [0.15, 0.2) is 0 Å². The molecule has 4 heteroatoms. The average molecular weight is 163 g/mol. The van der Waals surface area contributed by atoms with E-state index in [9.17, 15) is 0 Å². The van der Waals surface area contributed by atoms with Gasteiger partial charge in [0, 0.05) is 32.0 Å². The lowest BCUT2D eigenvalue weighted by molar-refractivity contribution is 0.630. The molecule has 1 aromatic heterocycles. The minimum Gasteiger partial charge on any atom is -0.333 e. The van der Waals surface area contributed by atoms with Crippen LogP contribution < -0.4 is 10.2 Å². The molecule has 0 spiro atoms. The Bertz CT molecular complexity index is 230. The van der Waals surface area contributed by atoms with Crippen molar-refractivity contribution in [2.45, 2.75) is 0 Å². The minimum atomic E-state index is 0.791. The summed E-state index contributed by atoms with van der Waals surface area (Å²) in [4.78, 5) is 10.4. The van der Waals surface area contributed by atoms with Gasteiger partial charge in [0.1, 0.15) is 0 Å². The number of anilines is 1. The molecule has 0 atom stereocenters. The van der Waals surface area contributed by atoms with E-state index >= 15 is 0 Å². The number of hydrogen-bond donors (Lipinski definition) is 1. The number of hydrogen-bond acceptors (Lipinski definition) is 4. The number of aromatic nitrogens is 2. The van der Waals surface area contributed by atoms with Crippen LogP contribution in [-0.2, 0) is 0 Å². The average Bonchev–Trinajstić information content (AvgIpc) is 2.21. The fourth-order valence-corrected chi connectivity index (χ4v) is 1.19. The summed E-state index contributed by atoms with van der Waals surface area (Å²) in [6, 6.07) is 1.83. The third kappa shape index (κ3) is 1.53. The molecule has 12 heavy (non-hydrogen) atoms. The second kappa shape index (κ2) is 3.49. The van der Waals surface area contributed by atoms with Crippen molar-refractivity contribution < 1.29 is 0 Å². The van der Waals surface area contributed by atoms with Gasteiger partial charge >= 0.3 is 0 Å². The van der Waals surface area contributed by atoms with E-state index < -0.39 is 0 Å². The zero-order chi connectivity index (χ0) is 8.23. The van der Waals surface area contributed by atoms with Crippen molar-refractivity contribution in [2.24, 2.45) is 0 Å². The van der Waals surface area contributed by atoms with Gasteiger partial charge in [-0.1, -0.05) is 0 Å². The topological polar surface area (TPSA) is 41.0 Å². The molecule has 1 aromatic rings. The van der Waals surface area contributed by atoms with Crippen LogP contribution in [0.25, 0.3) is 0 Å². The Hall–Kier alpha value is -1.16. The first-order chi connectivity index (χ1) is 5.97. The van der Waals surface area contributed by atoms with Crippen molar-refractivity contribution in [3.8, 4) is 0 Å². The van der Waals surface area contributed by atoms with Gasteiger partial charge in [-0.05, 0) is 6.07 Å². The van der Waals surface area contributed by atoms with Crippen molar-refractivity contribution in [3.63, 3.8) is 0 Å². The van der Waals surface area contributed by atoms with Crippen LogP contribution in [0.2, 0.25) is 0 Å². The van der Waals surface area contributed by atoms with E-state index in [1.165, 1.54) is 0 Å². The van der Waals surface area contributed by atoms with Crippen molar-refractivity contribution >= 4 is 5.95 Å². The summed E-state index contributed by atoms with van der Waals surface area (Å²) >= 11 is 0. The number of nitrogens with zero attached hydrogens (tertiary/aromatic N) is 3. The van der Waals surface area contributed by atoms with Crippen LogP contribution in [-0.4, -0.2) is 29.6 Å². The first-order valence-electron chi connectivity index (χ1n) is 4.04. The van der Waals surface area contributed by atoms with Crippen LogP contribution in [0.4, 0.5) is 5.95 Å². The highest BCUT2D eigenvalue weighted by atomic mass is 15.3. The number of nitrogens with one attached hydrogen (secondary N) is 1. The molecule has 0 aliphatic carbocycles. The molecule has 4 nitrogen and oxygen atoms in total. The molecule has 1 N–H and O–H groups in total. The molecule has 1 fully saturated rings. The Balaban J connectivity index is 2.08. The summed E-state index contributed by atoms with van der Waals surface area (Å²) < 4.78 is 0. The minimum absolute atomic E-state index is 0.791. The largest absolute Gasteiger partial charge is 0.333 e. The van der Waals surface area contributed by atoms with Gasteiger partial charge in [-0.15, -0.1) is 0 Å². The fraction of sp³-hybridized carbons (Fsp3) is 0.375. The SMILES string of the molecule is [CH]1CNCCN1c1ncccn1. The van der Waals surface area contributed by atoms with E-state index in [0.717, 1.165) is 25.6 Å². The first-order valence-corrected chi connectivity index (χ1v) is 4.04. The molecule has 1 saturated heterocycles. The molecule has 0 amide bonds. The maximum atomic E-state index is 4.16. The quantitative estimate of drug-likeness (QED) is 0.635. The van der Waals surface area contributed by atoms with Gasteiger partial charge in [0.2, 0.25) is 5.95 Å². The smallest absolute Gasteiger partial charge is 0.225 e. The molecular formula is C8H11N4. The number of piperazine rings is 1. The van der Waals surface area contributed by atoms with Crippen LogP contribution >= 0.6 is 0 Å². The Labute approximate surface area is 71.6 Å². The monoisotopic (exact) mass is 163 g/mol. The van der Waals surface area contributed by atoms with Crippen molar-refractivity contribution in [1.82, 2.24) is 15.3 Å². The Kier molecular flexibility index (Phi) is 2.18. The Morgan fingerprint density at radius 2 is 2.17 bits per heavy atom. The van der Waals surface area contributed by atoms with E-state index in [-0.39, 0.29) is 0 Å². The van der Waals surface area contributed by atoms with Gasteiger partial charge < -0.3 is 10.2 Å². The summed E-state index contributed by atoms with van der Waals surface area (Å²) in [7, 11) is 0. The van der Waals surface area contributed by atoms with Crippen LogP contribution in [0.3, 0.4) is 0 Å². The maximum Gasteiger partial charge on any atom is 0.225 e. The van der Waals surface area contributed by atoms with Gasteiger partial charge in [0.05, 0.1) is 6.54 Å². The molecule has 2 heterocycles. The molecule has 1 radical (unpaired) electrons. The van der Waals surface area contributed by atoms with Crippen LogP contribution in [0.5, 0.6) is 0 Å². The lowest BCUT2D eigenvalue weighted by Gasteiger charge is -2.26. The molecule has 0 bridgehead atoms. The second-order valence-corrected chi connectivity index (χ2v) is 2.63. The van der Waals surface area contributed by atoms with Gasteiger partial charge in [-0.2, -0.15) is 0 Å². The van der Waals surface area contributed by atoms with E-state index in [0.29, 0.717) is 0 Å². The zero-order valence-electron chi connectivity index (χ0n) is 6.77. The molecule has 1 aliphatic heterocycles. The molecule has 0 aromatic carbocycles. The predicted molar refractivity (Wildman–Crippen MR) is 46.5 cm³/mol. The molecule has 1 aliphatic rings. The lowest BCUT2D eigenvalue weighted by Crippen LogP contribution is -2.40. The molecule has 0 saturated carbocycles.